The van der Waals surface area contributed by atoms with Crippen LogP contribution in [0.1, 0.15) is 73.2 Å². The molecule has 9 nitrogen and oxygen atoms in total. The number of carboxylic acid groups (broad SMARTS) is 1. The number of nitrogens with two attached hydrogens (primary N) is 1. The third-order valence-electron chi connectivity index (χ3n) is 4.56. The molecule has 1 atom stereocenters. The Morgan fingerprint density at radius 1 is 1.21 bits per heavy atom. The molecule has 4 N–H and O–H groups in total. The monoisotopic (exact) mass is 400 g/mol. The lowest BCUT2D eigenvalue weighted by molar-refractivity contribution is -0.137. The van der Waals surface area contributed by atoms with Crippen LogP contribution in [0.4, 0.5) is 11.8 Å². The van der Waals surface area contributed by atoms with Gasteiger partial charge in [-0.3, -0.25) is 9.59 Å². The maximum Gasteiger partial charge on any atom is 0.303 e. The van der Waals surface area contributed by atoms with Gasteiger partial charge in [-0.1, -0.05) is 19.3 Å². The van der Waals surface area contributed by atoms with Crippen LogP contribution in [0.5, 0.6) is 0 Å². The number of carbonyl (C=O) groups is 2. The van der Waals surface area contributed by atoms with Crippen LogP contribution in [-0.2, 0) is 11.2 Å². The summed E-state index contributed by atoms with van der Waals surface area (Å²) in [5.41, 5.74) is 7.50. The van der Waals surface area contributed by atoms with Gasteiger partial charge in [0.05, 0.1) is 6.42 Å². The Morgan fingerprint density at radius 2 is 1.93 bits per heavy atom. The largest absolute Gasteiger partial charge is 0.481 e. The normalized spacial score (nSPS) is 11.8. The van der Waals surface area contributed by atoms with Gasteiger partial charge in [-0.2, -0.15) is 4.98 Å². The number of nitrogens with one attached hydrogen (secondary N) is 1. The molecule has 0 unspecified atom stereocenters. The van der Waals surface area contributed by atoms with Crippen molar-refractivity contribution in [1.29, 1.82) is 0 Å². The molecule has 29 heavy (non-hydrogen) atoms. The van der Waals surface area contributed by atoms with E-state index in [9.17, 15) is 14.7 Å². The molecule has 0 fully saturated rings. The lowest BCUT2D eigenvalue weighted by atomic mass is 9.92. The Hall–Kier alpha value is -3.10. The third-order valence-corrected chi connectivity index (χ3v) is 4.56. The van der Waals surface area contributed by atoms with Crippen LogP contribution < -0.4 is 11.1 Å². The third kappa shape index (κ3) is 7.81. The molecule has 2 heterocycles. The van der Waals surface area contributed by atoms with Crippen molar-refractivity contribution >= 4 is 24.0 Å². The second-order valence-electron chi connectivity index (χ2n) is 6.88. The number of carbonyl (C=O) groups excluding carboxylic acids is 1. The molecule has 0 aliphatic heterocycles. The summed E-state index contributed by atoms with van der Waals surface area (Å²) in [6.45, 7) is 2.72. The quantitative estimate of drug-likeness (QED) is 0.341. The summed E-state index contributed by atoms with van der Waals surface area (Å²) < 4.78 is 0. The number of carboxylic acids is 1. The number of aryl methyl sites for hydroxylation is 1. The second-order valence-corrected chi connectivity index (χ2v) is 6.88. The van der Waals surface area contributed by atoms with Gasteiger partial charge in [0, 0.05) is 30.7 Å². The van der Waals surface area contributed by atoms with Crippen molar-refractivity contribution in [1.82, 2.24) is 19.9 Å². The zero-order valence-electron chi connectivity index (χ0n) is 16.7. The summed E-state index contributed by atoms with van der Waals surface area (Å²) in [5, 5.41) is 12.2. The van der Waals surface area contributed by atoms with E-state index in [0.29, 0.717) is 18.1 Å². The summed E-state index contributed by atoms with van der Waals surface area (Å²) in [6.07, 6.45) is 9.14. The number of aldehydes is 1. The molecule has 0 bridgehead atoms. The average molecular weight is 400 g/mol. The summed E-state index contributed by atoms with van der Waals surface area (Å²) >= 11 is 0. The Bertz CT molecular complexity index is 797. The number of aromatic nitrogens is 4. The standard InChI is InChI=1S/C20H28N6O3/c1-2-22-20-25-16(10-17(21)26-20)8-6-4-3-5-7-14(9-19(28)29)15-11-23-18(13-27)24-12-15/h10-14H,2-9H2,1H3,(H,28,29)(H3,21,22,25,26)/t14-/m1/s1. The van der Waals surface area contributed by atoms with Gasteiger partial charge in [-0.25, -0.2) is 15.0 Å². The minimum absolute atomic E-state index is 0.0250. The van der Waals surface area contributed by atoms with E-state index in [-0.39, 0.29) is 18.2 Å². The number of hydrogen-bond donors (Lipinski definition) is 3. The zero-order valence-corrected chi connectivity index (χ0v) is 16.7. The molecular formula is C20H28N6O3. The van der Waals surface area contributed by atoms with Crippen LogP contribution in [-0.4, -0.2) is 43.8 Å². The zero-order chi connectivity index (χ0) is 21.1. The van der Waals surface area contributed by atoms with Crippen LogP contribution in [0.25, 0.3) is 0 Å². The van der Waals surface area contributed by atoms with E-state index < -0.39 is 5.97 Å². The highest BCUT2D eigenvalue weighted by molar-refractivity contribution is 5.69. The van der Waals surface area contributed by atoms with Crippen molar-refractivity contribution in [2.24, 2.45) is 0 Å². The highest BCUT2D eigenvalue weighted by atomic mass is 16.4. The van der Waals surface area contributed by atoms with E-state index in [1.807, 2.05) is 6.92 Å². The van der Waals surface area contributed by atoms with Crippen LogP contribution in [0.3, 0.4) is 0 Å². The first-order chi connectivity index (χ1) is 14.0. The predicted molar refractivity (Wildman–Crippen MR) is 110 cm³/mol. The van der Waals surface area contributed by atoms with Gasteiger partial charge in [-0.15, -0.1) is 0 Å². The van der Waals surface area contributed by atoms with Gasteiger partial charge < -0.3 is 16.2 Å². The topological polar surface area (TPSA) is 144 Å². The number of aliphatic carboxylic acids is 1. The van der Waals surface area contributed by atoms with E-state index in [1.54, 1.807) is 18.5 Å². The lowest BCUT2D eigenvalue weighted by Crippen LogP contribution is -2.08. The van der Waals surface area contributed by atoms with Crippen molar-refractivity contribution in [3.63, 3.8) is 0 Å². The van der Waals surface area contributed by atoms with Crippen molar-refractivity contribution in [2.75, 3.05) is 17.6 Å². The maximum absolute atomic E-state index is 11.2. The van der Waals surface area contributed by atoms with Crippen molar-refractivity contribution < 1.29 is 14.7 Å². The smallest absolute Gasteiger partial charge is 0.303 e. The van der Waals surface area contributed by atoms with E-state index in [4.69, 9.17) is 5.73 Å². The first-order valence-electron chi connectivity index (χ1n) is 9.88. The molecule has 156 valence electrons. The maximum atomic E-state index is 11.2. The van der Waals surface area contributed by atoms with E-state index >= 15 is 0 Å². The molecule has 2 aromatic rings. The highest BCUT2D eigenvalue weighted by Gasteiger charge is 2.16. The van der Waals surface area contributed by atoms with Gasteiger partial charge in [0.2, 0.25) is 5.95 Å². The first kappa shape index (κ1) is 22.2. The van der Waals surface area contributed by atoms with E-state index in [2.05, 4.69) is 25.3 Å². The number of nitrogens with zero attached hydrogens (tertiary/aromatic N) is 4. The fourth-order valence-corrected chi connectivity index (χ4v) is 3.15. The van der Waals surface area contributed by atoms with Crippen LogP contribution in [0, 0.1) is 0 Å². The van der Waals surface area contributed by atoms with Crippen molar-refractivity contribution in [3.05, 3.63) is 35.5 Å². The fraction of sp³-hybridized carbons (Fsp3) is 0.500. The molecule has 0 radical (unpaired) electrons. The van der Waals surface area contributed by atoms with E-state index in [0.717, 1.165) is 56.3 Å². The SMILES string of the molecule is CCNc1nc(N)cc(CCCCCC[C@H](CC(=O)O)c2cnc(C=O)nc2)n1. The van der Waals surface area contributed by atoms with E-state index in [1.165, 1.54) is 0 Å². The number of rotatable bonds is 13. The van der Waals surface area contributed by atoms with Crippen LogP contribution in [0.2, 0.25) is 0 Å². The minimum atomic E-state index is -0.854. The number of unbranched alkanes of at least 4 members (excludes halogenated alkanes) is 3. The molecule has 9 heteroatoms. The van der Waals surface area contributed by atoms with Gasteiger partial charge in [0.15, 0.2) is 12.1 Å². The fourth-order valence-electron chi connectivity index (χ4n) is 3.15. The molecule has 0 amide bonds. The van der Waals surface area contributed by atoms with Crippen LogP contribution >= 0.6 is 0 Å². The van der Waals surface area contributed by atoms with Gasteiger partial charge in [0.25, 0.3) is 0 Å². The summed E-state index contributed by atoms with van der Waals surface area (Å²) in [6, 6.07) is 1.80. The molecule has 0 aliphatic rings. The molecule has 0 saturated carbocycles. The Kier molecular flexibility index (Phi) is 8.94. The molecule has 0 spiro atoms. The van der Waals surface area contributed by atoms with Gasteiger partial charge in [0.1, 0.15) is 5.82 Å². The molecule has 0 aliphatic carbocycles. The summed E-state index contributed by atoms with van der Waals surface area (Å²) in [7, 11) is 0. The number of nitrogen functional groups attached to an aromatic ring is 1. The Morgan fingerprint density at radius 3 is 2.59 bits per heavy atom. The van der Waals surface area contributed by atoms with Crippen molar-refractivity contribution in [3.8, 4) is 0 Å². The second kappa shape index (κ2) is 11.7. The van der Waals surface area contributed by atoms with Crippen molar-refractivity contribution in [2.45, 2.75) is 57.8 Å². The van der Waals surface area contributed by atoms with Gasteiger partial charge in [-0.05, 0) is 37.7 Å². The average Bonchev–Trinajstić information content (AvgIpc) is 2.69. The summed E-state index contributed by atoms with van der Waals surface area (Å²) in [5.74, 6) is 0.113. The predicted octanol–water partition coefficient (Wildman–Crippen LogP) is 2.84. The molecule has 2 aromatic heterocycles. The molecular weight excluding hydrogens is 372 g/mol. The molecule has 0 saturated heterocycles. The number of hydrogen-bond acceptors (Lipinski definition) is 8. The lowest BCUT2D eigenvalue weighted by Gasteiger charge is -2.14. The minimum Gasteiger partial charge on any atom is -0.481 e. The Balaban J connectivity index is 1.78. The number of anilines is 2. The molecule has 0 aromatic carbocycles. The molecule has 2 rings (SSSR count). The highest BCUT2D eigenvalue weighted by Crippen LogP contribution is 2.25. The summed E-state index contributed by atoms with van der Waals surface area (Å²) in [4.78, 5) is 38.3. The van der Waals surface area contributed by atoms with Gasteiger partial charge >= 0.3 is 5.97 Å². The Labute approximate surface area is 170 Å². The first-order valence-corrected chi connectivity index (χ1v) is 9.88. The van der Waals surface area contributed by atoms with Crippen LogP contribution in [0.15, 0.2) is 18.5 Å².